The van der Waals surface area contributed by atoms with Gasteiger partial charge in [0.15, 0.2) is 0 Å². The second kappa shape index (κ2) is 6.58. The van der Waals surface area contributed by atoms with Crippen LogP contribution in [0.25, 0.3) is 0 Å². The van der Waals surface area contributed by atoms with E-state index in [9.17, 15) is 4.79 Å². The Hall–Kier alpha value is -0.530. The van der Waals surface area contributed by atoms with Crippen LogP contribution in [0.4, 0.5) is 0 Å². The normalized spacial score (nSPS) is 18.4. The maximum absolute atomic E-state index is 12.5. The zero-order valence-corrected chi connectivity index (χ0v) is 13.0. The Bertz CT molecular complexity index is 262. The molecular formula is C16H31NO. The van der Waals surface area contributed by atoms with Crippen molar-refractivity contribution in [1.82, 2.24) is 4.90 Å². The Kier molecular flexibility index (Phi) is 5.68. The van der Waals surface area contributed by atoms with Crippen molar-refractivity contribution in [3.8, 4) is 0 Å². The highest BCUT2D eigenvalue weighted by atomic mass is 16.2. The van der Waals surface area contributed by atoms with Crippen LogP contribution in [0.3, 0.4) is 0 Å². The van der Waals surface area contributed by atoms with Crippen molar-refractivity contribution in [2.75, 3.05) is 13.1 Å². The summed E-state index contributed by atoms with van der Waals surface area (Å²) in [7, 11) is 0. The summed E-state index contributed by atoms with van der Waals surface area (Å²) >= 11 is 0. The first-order chi connectivity index (χ1) is 8.36. The molecule has 106 valence electrons. The number of likely N-dealkylation sites (tertiary alicyclic amines) is 1. The Balaban J connectivity index is 2.49. The Morgan fingerprint density at radius 2 is 1.83 bits per heavy atom. The number of hydrogen-bond acceptors (Lipinski definition) is 1. The maximum Gasteiger partial charge on any atom is 0.228 e. The fourth-order valence-corrected chi connectivity index (χ4v) is 3.37. The van der Waals surface area contributed by atoms with Crippen molar-refractivity contribution in [2.45, 2.75) is 66.7 Å². The molecule has 0 spiro atoms. The van der Waals surface area contributed by atoms with Crippen LogP contribution in [0.1, 0.15) is 66.7 Å². The lowest BCUT2D eigenvalue weighted by atomic mass is 9.81. The molecule has 1 aliphatic heterocycles. The van der Waals surface area contributed by atoms with E-state index in [-0.39, 0.29) is 5.41 Å². The monoisotopic (exact) mass is 253 g/mol. The molecule has 0 aromatic carbocycles. The number of carbonyl (C=O) groups excluding carboxylic acids is 1. The van der Waals surface area contributed by atoms with E-state index in [0.717, 1.165) is 25.4 Å². The fourth-order valence-electron chi connectivity index (χ4n) is 3.37. The smallest absolute Gasteiger partial charge is 0.228 e. The minimum absolute atomic E-state index is 0.189. The van der Waals surface area contributed by atoms with Crippen LogP contribution in [-0.2, 0) is 4.79 Å². The molecule has 0 aromatic heterocycles. The standard InChI is InChI=1S/C16H31NO/c1-6-7-14-8-10-17(11-9-14)15(18)16(4,5)12-13(2)3/h13-14H,6-12H2,1-5H3. The van der Waals surface area contributed by atoms with Gasteiger partial charge in [-0.15, -0.1) is 0 Å². The SMILES string of the molecule is CCCC1CCN(C(=O)C(C)(C)CC(C)C)CC1. The molecule has 0 unspecified atom stereocenters. The molecule has 2 nitrogen and oxygen atoms in total. The van der Waals surface area contributed by atoms with Gasteiger partial charge in [0, 0.05) is 18.5 Å². The lowest BCUT2D eigenvalue weighted by molar-refractivity contribution is -0.142. The zero-order chi connectivity index (χ0) is 13.8. The number of rotatable bonds is 5. The highest BCUT2D eigenvalue weighted by Crippen LogP contribution is 2.30. The summed E-state index contributed by atoms with van der Waals surface area (Å²) in [6.45, 7) is 12.8. The van der Waals surface area contributed by atoms with Crippen LogP contribution in [0.2, 0.25) is 0 Å². The van der Waals surface area contributed by atoms with Gasteiger partial charge in [0.05, 0.1) is 0 Å². The molecule has 1 saturated heterocycles. The van der Waals surface area contributed by atoms with Gasteiger partial charge >= 0.3 is 0 Å². The van der Waals surface area contributed by atoms with Crippen LogP contribution in [0.15, 0.2) is 0 Å². The summed E-state index contributed by atoms with van der Waals surface area (Å²) in [5, 5.41) is 0. The van der Waals surface area contributed by atoms with Crippen molar-refractivity contribution in [1.29, 1.82) is 0 Å². The maximum atomic E-state index is 12.5. The van der Waals surface area contributed by atoms with Gasteiger partial charge < -0.3 is 4.90 Å². The highest BCUT2D eigenvalue weighted by molar-refractivity contribution is 5.82. The third-order valence-corrected chi connectivity index (χ3v) is 4.10. The van der Waals surface area contributed by atoms with Crippen LogP contribution < -0.4 is 0 Å². The van der Waals surface area contributed by atoms with E-state index in [1.165, 1.54) is 25.7 Å². The summed E-state index contributed by atoms with van der Waals surface area (Å²) in [5.41, 5.74) is -0.189. The van der Waals surface area contributed by atoms with Crippen molar-refractivity contribution < 1.29 is 4.79 Å². The van der Waals surface area contributed by atoms with E-state index in [2.05, 4.69) is 39.5 Å². The molecule has 0 radical (unpaired) electrons. The van der Waals surface area contributed by atoms with Crippen molar-refractivity contribution in [3.63, 3.8) is 0 Å². The first-order valence-electron chi connectivity index (χ1n) is 7.66. The Morgan fingerprint density at radius 3 is 2.28 bits per heavy atom. The minimum Gasteiger partial charge on any atom is -0.342 e. The summed E-state index contributed by atoms with van der Waals surface area (Å²) in [4.78, 5) is 14.7. The number of carbonyl (C=O) groups is 1. The molecule has 0 aliphatic carbocycles. The van der Waals surface area contributed by atoms with Crippen LogP contribution in [-0.4, -0.2) is 23.9 Å². The van der Waals surface area contributed by atoms with Gasteiger partial charge in [-0.05, 0) is 31.1 Å². The van der Waals surface area contributed by atoms with Gasteiger partial charge in [0.25, 0.3) is 0 Å². The molecule has 1 aliphatic rings. The van der Waals surface area contributed by atoms with Gasteiger partial charge in [-0.2, -0.15) is 0 Å². The van der Waals surface area contributed by atoms with Crippen LogP contribution >= 0.6 is 0 Å². The fraction of sp³-hybridized carbons (Fsp3) is 0.938. The Morgan fingerprint density at radius 1 is 1.28 bits per heavy atom. The molecule has 1 amide bonds. The molecule has 1 heterocycles. The summed E-state index contributed by atoms with van der Waals surface area (Å²) < 4.78 is 0. The van der Waals surface area contributed by atoms with Gasteiger partial charge in [0.2, 0.25) is 5.91 Å². The van der Waals surface area contributed by atoms with Gasteiger partial charge in [-0.1, -0.05) is 47.5 Å². The van der Waals surface area contributed by atoms with Gasteiger partial charge in [-0.3, -0.25) is 4.79 Å². The summed E-state index contributed by atoms with van der Waals surface area (Å²) in [6, 6.07) is 0. The third-order valence-electron chi connectivity index (χ3n) is 4.10. The molecule has 0 atom stereocenters. The van der Waals surface area contributed by atoms with E-state index in [0.29, 0.717) is 11.8 Å². The molecule has 0 bridgehead atoms. The minimum atomic E-state index is -0.189. The van der Waals surface area contributed by atoms with Gasteiger partial charge in [0.1, 0.15) is 0 Å². The molecule has 1 rings (SSSR count). The van der Waals surface area contributed by atoms with Crippen molar-refractivity contribution >= 4 is 5.91 Å². The molecule has 0 saturated carbocycles. The average molecular weight is 253 g/mol. The first kappa shape index (κ1) is 15.5. The topological polar surface area (TPSA) is 20.3 Å². The Labute approximate surface area is 113 Å². The van der Waals surface area contributed by atoms with E-state index in [4.69, 9.17) is 0 Å². The number of amides is 1. The van der Waals surface area contributed by atoms with E-state index in [1.54, 1.807) is 0 Å². The van der Waals surface area contributed by atoms with Gasteiger partial charge in [-0.25, -0.2) is 0 Å². The molecular weight excluding hydrogens is 222 g/mol. The van der Waals surface area contributed by atoms with Crippen molar-refractivity contribution in [2.24, 2.45) is 17.3 Å². The van der Waals surface area contributed by atoms with Crippen LogP contribution in [0.5, 0.6) is 0 Å². The van der Waals surface area contributed by atoms with E-state index < -0.39 is 0 Å². The lowest BCUT2D eigenvalue weighted by Gasteiger charge is -2.37. The second-order valence-electron chi connectivity index (χ2n) is 7.01. The molecule has 1 fully saturated rings. The predicted molar refractivity (Wildman–Crippen MR) is 77.4 cm³/mol. The molecule has 18 heavy (non-hydrogen) atoms. The first-order valence-corrected chi connectivity index (χ1v) is 7.66. The second-order valence-corrected chi connectivity index (χ2v) is 7.01. The molecule has 0 aromatic rings. The lowest BCUT2D eigenvalue weighted by Crippen LogP contribution is -2.45. The highest BCUT2D eigenvalue weighted by Gasteiger charge is 2.34. The predicted octanol–water partition coefficient (Wildman–Crippen LogP) is 4.10. The molecule has 0 N–H and O–H groups in total. The molecule has 2 heteroatoms. The zero-order valence-electron chi connectivity index (χ0n) is 13.0. The number of nitrogens with zero attached hydrogens (tertiary/aromatic N) is 1. The quantitative estimate of drug-likeness (QED) is 0.722. The number of piperidine rings is 1. The number of hydrogen-bond donors (Lipinski definition) is 0. The third kappa shape index (κ3) is 4.29. The van der Waals surface area contributed by atoms with E-state index >= 15 is 0 Å². The van der Waals surface area contributed by atoms with Crippen LogP contribution in [0, 0.1) is 17.3 Å². The summed E-state index contributed by atoms with van der Waals surface area (Å²) in [6.07, 6.45) is 6.00. The van der Waals surface area contributed by atoms with E-state index in [1.807, 2.05) is 0 Å². The summed E-state index contributed by atoms with van der Waals surface area (Å²) in [5.74, 6) is 1.81. The van der Waals surface area contributed by atoms with Crippen molar-refractivity contribution in [3.05, 3.63) is 0 Å². The average Bonchev–Trinajstić information content (AvgIpc) is 2.28. The largest absolute Gasteiger partial charge is 0.342 e.